The zero-order chi connectivity index (χ0) is 15.0. The van der Waals surface area contributed by atoms with Gasteiger partial charge >= 0.3 is 0 Å². The molecule has 0 aliphatic carbocycles. The fourth-order valence-corrected chi connectivity index (χ4v) is 2.96. The van der Waals surface area contributed by atoms with Crippen LogP contribution >= 0.6 is 0 Å². The molecule has 3 rings (SSSR count). The van der Waals surface area contributed by atoms with Gasteiger partial charge in [-0.05, 0) is 36.8 Å². The molecular weight excluding hydrogens is 264 g/mol. The predicted octanol–water partition coefficient (Wildman–Crippen LogP) is 2.67. The van der Waals surface area contributed by atoms with Crippen LogP contribution in [0.4, 0.5) is 5.69 Å². The van der Waals surface area contributed by atoms with Gasteiger partial charge in [0.15, 0.2) is 0 Å². The first kappa shape index (κ1) is 13.9. The average molecular weight is 284 g/mol. The van der Waals surface area contributed by atoms with Gasteiger partial charge in [0.25, 0.3) is 5.91 Å². The van der Waals surface area contributed by atoms with Gasteiger partial charge in [-0.15, -0.1) is 0 Å². The highest BCUT2D eigenvalue weighted by molar-refractivity contribution is 6.04. The number of anilines is 1. The van der Waals surface area contributed by atoms with Gasteiger partial charge < -0.3 is 15.4 Å². The molecule has 0 radical (unpaired) electrons. The SMILES string of the molecule is CC1CN(C(=O)c2cc3ccccc3cc2N)CC(C)O1. The molecule has 0 aromatic heterocycles. The van der Waals surface area contributed by atoms with E-state index in [4.69, 9.17) is 10.5 Å². The van der Waals surface area contributed by atoms with Crippen LogP contribution in [-0.4, -0.2) is 36.1 Å². The lowest BCUT2D eigenvalue weighted by Gasteiger charge is -2.35. The lowest BCUT2D eigenvalue weighted by molar-refractivity contribution is -0.0585. The van der Waals surface area contributed by atoms with Gasteiger partial charge in [0, 0.05) is 18.8 Å². The van der Waals surface area contributed by atoms with E-state index in [1.165, 1.54) is 0 Å². The highest BCUT2D eigenvalue weighted by atomic mass is 16.5. The molecule has 110 valence electrons. The van der Waals surface area contributed by atoms with Crippen LogP contribution in [0.15, 0.2) is 36.4 Å². The summed E-state index contributed by atoms with van der Waals surface area (Å²) >= 11 is 0. The molecule has 2 unspecified atom stereocenters. The summed E-state index contributed by atoms with van der Waals surface area (Å²) in [6.07, 6.45) is 0.110. The first-order valence-corrected chi connectivity index (χ1v) is 7.27. The molecule has 0 bridgehead atoms. The molecule has 4 heteroatoms. The van der Waals surface area contributed by atoms with Crippen molar-refractivity contribution in [3.05, 3.63) is 42.0 Å². The van der Waals surface area contributed by atoms with Crippen LogP contribution in [0.5, 0.6) is 0 Å². The van der Waals surface area contributed by atoms with Crippen molar-refractivity contribution in [2.45, 2.75) is 26.1 Å². The van der Waals surface area contributed by atoms with Gasteiger partial charge in [0.05, 0.1) is 17.8 Å². The largest absolute Gasteiger partial charge is 0.398 e. The number of carbonyl (C=O) groups is 1. The second-order valence-corrected chi connectivity index (χ2v) is 5.75. The molecule has 1 heterocycles. The second kappa shape index (κ2) is 5.37. The number of morpholine rings is 1. The Hall–Kier alpha value is -2.07. The van der Waals surface area contributed by atoms with Gasteiger partial charge in [-0.2, -0.15) is 0 Å². The van der Waals surface area contributed by atoms with Gasteiger partial charge in [-0.3, -0.25) is 4.79 Å². The van der Waals surface area contributed by atoms with E-state index in [0.717, 1.165) is 10.8 Å². The molecule has 1 amide bonds. The number of fused-ring (bicyclic) bond motifs is 1. The number of benzene rings is 2. The smallest absolute Gasteiger partial charge is 0.256 e. The van der Waals surface area contributed by atoms with E-state index in [1.807, 2.05) is 55.1 Å². The van der Waals surface area contributed by atoms with Crippen LogP contribution in [0.2, 0.25) is 0 Å². The Bertz CT molecular complexity index is 674. The minimum atomic E-state index is -0.0137. The number of carbonyl (C=O) groups excluding carboxylic acids is 1. The van der Waals surface area contributed by atoms with E-state index in [-0.39, 0.29) is 18.1 Å². The summed E-state index contributed by atoms with van der Waals surface area (Å²) in [6.45, 7) is 5.18. The third kappa shape index (κ3) is 2.72. The van der Waals surface area contributed by atoms with E-state index >= 15 is 0 Å². The van der Waals surface area contributed by atoms with Crippen molar-refractivity contribution in [2.24, 2.45) is 0 Å². The molecule has 4 nitrogen and oxygen atoms in total. The Labute approximate surface area is 124 Å². The van der Waals surface area contributed by atoms with Crippen molar-refractivity contribution < 1.29 is 9.53 Å². The third-order valence-corrected chi connectivity index (χ3v) is 3.86. The van der Waals surface area contributed by atoms with Crippen molar-refractivity contribution in [2.75, 3.05) is 18.8 Å². The maximum absolute atomic E-state index is 12.7. The van der Waals surface area contributed by atoms with E-state index < -0.39 is 0 Å². The summed E-state index contributed by atoms with van der Waals surface area (Å²) < 4.78 is 5.68. The minimum Gasteiger partial charge on any atom is -0.398 e. The molecule has 0 spiro atoms. The number of hydrogen-bond acceptors (Lipinski definition) is 3. The maximum atomic E-state index is 12.7. The highest BCUT2D eigenvalue weighted by Gasteiger charge is 2.27. The maximum Gasteiger partial charge on any atom is 0.256 e. The summed E-state index contributed by atoms with van der Waals surface area (Å²) in [4.78, 5) is 14.6. The Morgan fingerprint density at radius 1 is 1.14 bits per heavy atom. The third-order valence-electron chi connectivity index (χ3n) is 3.86. The lowest BCUT2D eigenvalue weighted by atomic mass is 10.0. The second-order valence-electron chi connectivity index (χ2n) is 5.75. The summed E-state index contributed by atoms with van der Waals surface area (Å²) in [5, 5.41) is 2.08. The number of hydrogen-bond donors (Lipinski definition) is 1. The van der Waals surface area contributed by atoms with Crippen molar-refractivity contribution in [3.63, 3.8) is 0 Å². The molecule has 2 atom stereocenters. The summed E-state index contributed by atoms with van der Waals surface area (Å²) in [5.41, 5.74) is 7.20. The lowest BCUT2D eigenvalue weighted by Crippen LogP contribution is -2.48. The van der Waals surface area contributed by atoms with Gasteiger partial charge in [0.2, 0.25) is 0 Å². The van der Waals surface area contributed by atoms with Crippen LogP contribution in [0.1, 0.15) is 24.2 Å². The Morgan fingerprint density at radius 3 is 2.33 bits per heavy atom. The molecular formula is C17H20N2O2. The van der Waals surface area contributed by atoms with Crippen LogP contribution in [-0.2, 0) is 4.74 Å². The van der Waals surface area contributed by atoms with E-state index in [2.05, 4.69) is 0 Å². The number of nitrogens with two attached hydrogens (primary N) is 1. The Kier molecular flexibility index (Phi) is 3.55. The minimum absolute atomic E-state index is 0.0137. The number of nitrogen functional groups attached to an aromatic ring is 1. The molecule has 2 N–H and O–H groups in total. The quantitative estimate of drug-likeness (QED) is 0.819. The standard InChI is InChI=1S/C17H20N2O2/c1-11-9-19(10-12(2)21-11)17(20)15-7-13-5-3-4-6-14(13)8-16(15)18/h3-8,11-12H,9-10,18H2,1-2H3. The molecule has 1 fully saturated rings. The van der Waals surface area contributed by atoms with Crippen molar-refractivity contribution in [1.29, 1.82) is 0 Å². The molecule has 1 aliphatic rings. The highest BCUT2D eigenvalue weighted by Crippen LogP contribution is 2.24. The van der Waals surface area contributed by atoms with E-state index in [1.54, 1.807) is 0 Å². The molecule has 1 saturated heterocycles. The van der Waals surface area contributed by atoms with Gasteiger partial charge in [-0.25, -0.2) is 0 Å². The van der Waals surface area contributed by atoms with Crippen LogP contribution < -0.4 is 5.73 Å². The predicted molar refractivity (Wildman–Crippen MR) is 84.3 cm³/mol. The molecule has 21 heavy (non-hydrogen) atoms. The zero-order valence-electron chi connectivity index (χ0n) is 12.4. The fourth-order valence-electron chi connectivity index (χ4n) is 2.96. The first-order valence-electron chi connectivity index (χ1n) is 7.27. The van der Waals surface area contributed by atoms with E-state index in [9.17, 15) is 4.79 Å². The fraction of sp³-hybridized carbons (Fsp3) is 0.353. The summed E-state index contributed by atoms with van der Waals surface area (Å²) in [7, 11) is 0. The number of amides is 1. The molecule has 2 aromatic carbocycles. The van der Waals surface area contributed by atoms with Gasteiger partial charge in [-0.1, -0.05) is 24.3 Å². The van der Waals surface area contributed by atoms with Crippen molar-refractivity contribution >= 4 is 22.4 Å². The zero-order valence-corrected chi connectivity index (χ0v) is 12.4. The van der Waals surface area contributed by atoms with Crippen molar-refractivity contribution in [1.82, 2.24) is 4.90 Å². The normalized spacial score (nSPS) is 22.5. The number of ether oxygens (including phenoxy) is 1. The number of rotatable bonds is 1. The first-order chi connectivity index (χ1) is 10.0. The Morgan fingerprint density at radius 2 is 1.71 bits per heavy atom. The topological polar surface area (TPSA) is 55.6 Å². The molecule has 1 aliphatic heterocycles. The van der Waals surface area contributed by atoms with Crippen LogP contribution in [0.25, 0.3) is 10.8 Å². The summed E-state index contributed by atoms with van der Waals surface area (Å²) in [5.74, 6) is -0.0137. The van der Waals surface area contributed by atoms with E-state index in [0.29, 0.717) is 24.3 Å². The molecule has 0 saturated carbocycles. The number of nitrogens with zero attached hydrogens (tertiary/aromatic N) is 1. The summed E-state index contributed by atoms with van der Waals surface area (Å²) in [6, 6.07) is 11.7. The monoisotopic (exact) mass is 284 g/mol. The molecule has 2 aromatic rings. The van der Waals surface area contributed by atoms with Crippen LogP contribution in [0, 0.1) is 0 Å². The van der Waals surface area contributed by atoms with Crippen molar-refractivity contribution in [3.8, 4) is 0 Å². The average Bonchev–Trinajstić information content (AvgIpc) is 2.44. The van der Waals surface area contributed by atoms with Gasteiger partial charge in [0.1, 0.15) is 0 Å². The van der Waals surface area contributed by atoms with Crippen LogP contribution in [0.3, 0.4) is 0 Å². The Balaban J connectivity index is 1.95.